The van der Waals surface area contributed by atoms with E-state index in [9.17, 15) is 4.79 Å². The molecular weight excluding hydrogens is 460 g/mol. The Morgan fingerprint density at radius 3 is 2.69 bits per heavy atom. The SMILES string of the molecule is C=CCN1CCc2c(c(CN(CC(C)C)C(=O)c3ccccc3Cl)nn2-c2ccccc2OC)C1. The normalized spacial score (nSPS) is 13.5. The lowest BCUT2D eigenvalue weighted by molar-refractivity contribution is 0.0719. The quantitative estimate of drug-likeness (QED) is 0.376. The van der Waals surface area contributed by atoms with Crippen molar-refractivity contribution in [2.24, 2.45) is 5.92 Å². The Bertz CT molecular complexity index is 1200. The number of rotatable bonds is 9. The number of para-hydroxylation sites is 2. The van der Waals surface area contributed by atoms with Crippen LogP contribution in [0.4, 0.5) is 0 Å². The molecule has 0 saturated carbocycles. The summed E-state index contributed by atoms with van der Waals surface area (Å²) < 4.78 is 7.64. The number of halogens is 1. The zero-order valence-corrected chi connectivity index (χ0v) is 21.5. The predicted octanol–water partition coefficient (Wildman–Crippen LogP) is 5.38. The molecule has 184 valence electrons. The Hall–Kier alpha value is -3.09. The third-order valence-corrected chi connectivity index (χ3v) is 6.57. The highest BCUT2D eigenvalue weighted by molar-refractivity contribution is 6.33. The summed E-state index contributed by atoms with van der Waals surface area (Å²) in [5.74, 6) is 0.985. The van der Waals surface area contributed by atoms with Crippen LogP contribution in [0.25, 0.3) is 5.69 Å². The van der Waals surface area contributed by atoms with Gasteiger partial charge in [0, 0.05) is 38.2 Å². The number of aromatic nitrogens is 2. The van der Waals surface area contributed by atoms with Crippen molar-refractivity contribution in [2.45, 2.75) is 33.4 Å². The summed E-state index contributed by atoms with van der Waals surface area (Å²) >= 11 is 6.39. The van der Waals surface area contributed by atoms with Gasteiger partial charge in [-0.2, -0.15) is 5.10 Å². The second-order valence-corrected chi connectivity index (χ2v) is 9.70. The van der Waals surface area contributed by atoms with Crippen LogP contribution >= 0.6 is 11.6 Å². The van der Waals surface area contributed by atoms with Crippen LogP contribution in [0.5, 0.6) is 5.75 Å². The first-order chi connectivity index (χ1) is 16.9. The van der Waals surface area contributed by atoms with Crippen LogP contribution in [-0.2, 0) is 19.5 Å². The fourth-order valence-corrected chi connectivity index (χ4v) is 4.87. The highest BCUT2D eigenvalue weighted by atomic mass is 35.5. The van der Waals surface area contributed by atoms with Gasteiger partial charge in [-0.3, -0.25) is 9.69 Å². The average molecular weight is 493 g/mol. The van der Waals surface area contributed by atoms with Gasteiger partial charge in [-0.1, -0.05) is 55.8 Å². The van der Waals surface area contributed by atoms with Gasteiger partial charge in [0.25, 0.3) is 5.91 Å². The summed E-state index contributed by atoms with van der Waals surface area (Å²) in [4.78, 5) is 17.8. The lowest BCUT2D eigenvalue weighted by Crippen LogP contribution is -2.35. The molecule has 1 aliphatic rings. The van der Waals surface area contributed by atoms with Crippen molar-refractivity contribution in [2.75, 3.05) is 26.7 Å². The van der Waals surface area contributed by atoms with Crippen LogP contribution in [0, 0.1) is 5.92 Å². The summed E-state index contributed by atoms with van der Waals surface area (Å²) in [6, 6.07) is 15.1. The van der Waals surface area contributed by atoms with Crippen molar-refractivity contribution in [3.05, 3.63) is 88.7 Å². The van der Waals surface area contributed by atoms with E-state index in [2.05, 4.69) is 25.3 Å². The molecule has 2 aromatic carbocycles. The predicted molar refractivity (Wildman–Crippen MR) is 140 cm³/mol. The van der Waals surface area contributed by atoms with E-state index in [-0.39, 0.29) is 5.91 Å². The molecule has 0 bridgehead atoms. The molecule has 35 heavy (non-hydrogen) atoms. The van der Waals surface area contributed by atoms with E-state index in [1.165, 1.54) is 11.3 Å². The molecule has 1 aliphatic heterocycles. The number of nitrogens with zero attached hydrogens (tertiary/aromatic N) is 4. The van der Waals surface area contributed by atoms with Crippen molar-refractivity contribution < 1.29 is 9.53 Å². The second kappa shape index (κ2) is 11.1. The Kier molecular flexibility index (Phi) is 7.93. The monoisotopic (exact) mass is 492 g/mol. The average Bonchev–Trinajstić information content (AvgIpc) is 3.21. The standard InChI is InChI=1S/C28H33ClN4O2/c1-5-15-31-16-14-25-22(18-31)24(30-33(25)26-12-8-9-13-27(26)35-4)19-32(17-20(2)3)28(34)21-10-6-7-11-23(21)29/h5-13,20H,1,14-19H2,2-4H3. The van der Waals surface area contributed by atoms with Gasteiger partial charge in [-0.25, -0.2) is 4.68 Å². The van der Waals surface area contributed by atoms with Gasteiger partial charge >= 0.3 is 0 Å². The van der Waals surface area contributed by atoms with E-state index in [4.69, 9.17) is 21.4 Å². The van der Waals surface area contributed by atoms with Crippen molar-refractivity contribution in [1.29, 1.82) is 0 Å². The molecule has 0 radical (unpaired) electrons. The smallest absolute Gasteiger partial charge is 0.255 e. The fourth-order valence-electron chi connectivity index (χ4n) is 4.66. The van der Waals surface area contributed by atoms with Crippen LogP contribution in [0.2, 0.25) is 5.02 Å². The van der Waals surface area contributed by atoms with Crippen molar-refractivity contribution in [3.63, 3.8) is 0 Å². The third-order valence-electron chi connectivity index (χ3n) is 6.24. The Morgan fingerprint density at radius 1 is 1.23 bits per heavy atom. The number of fused-ring (bicyclic) bond motifs is 1. The van der Waals surface area contributed by atoms with Crippen LogP contribution in [0.3, 0.4) is 0 Å². The van der Waals surface area contributed by atoms with Crippen LogP contribution in [0.15, 0.2) is 61.2 Å². The first-order valence-electron chi connectivity index (χ1n) is 12.0. The van der Waals surface area contributed by atoms with E-state index >= 15 is 0 Å². The highest BCUT2D eigenvalue weighted by Crippen LogP contribution is 2.31. The molecule has 0 spiro atoms. The summed E-state index contributed by atoms with van der Waals surface area (Å²) in [5, 5.41) is 5.53. The van der Waals surface area contributed by atoms with Gasteiger partial charge in [-0.15, -0.1) is 6.58 Å². The lowest BCUT2D eigenvalue weighted by Gasteiger charge is -2.28. The van der Waals surface area contributed by atoms with Crippen molar-refractivity contribution in [1.82, 2.24) is 19.6 Å². The third kappa shape index (κ3) is 5.44. The van der Waals surface area contributed by atoms with Crippen LogP contribution in [-0.4, -0.2) is 52.2 Å². The number of benzene rings is 2. The first kappa shape index (κ1) is 25.0. The zero-order valence-electron chi connectivity index (χ0n) is 20.7. The van der Waals surface area contributed by atoms with Gasteiger partial charge in [0.2, 0.25) is 0 Å². The Morgan fingerprint density at radius 2 is 1.97 bits per heavy atom. The zero-order chi connectivity index (χ0) is 24.9. The van der Waals surface area contributed by atoms with Crippen LogP contribution < -0.4 is 4.74 Å². The molecule has 7 heteroatoms. The molecule has 0 aliphatic carbocycles. The summed E-state index contributed by atoms with van der Waals surface area (Å²) in [6.07, 6.45) is 2.79. The van der Waals surface area contributed by atoms with E-state index < -0.39 is 0 Å². The first-order valence-corrected chi connectivity index (χ1v) is 12.4. The van der Waals surface area contributed by atoms with E-state index in [0.29, 0.717) is 29.6 Å². The summed E-state index contributed by atoms with van der Waals surface area (Å²) in [6.45, 7) is 11.7. The number of carbonyl (C=O) groups is 1. The maximum Gasteiger partial charge on any atom is 0.255 e. The van der Waals surface area contributed by atoms with E-state index in [1.807, 2.05) is 52.1 Å². The van der Waals surface area contributed by atoms with Gasteiger partial charge in [-0.05, 0) is 30.2 Å². The number of amides is 1. The Balaban J connectivity index is 1.77. The van der Waals surface area contributed by atoms with Gasteiger partial charge in [0.15, 0.2) is 0 Å². The lowest BCUT2D eigenvalue weighted by atomic mass is 10.0. The molecule has 0 saturated heterocycles. The molecule has 0 atom stereocenters. The Labute approximate surface area is 212 Å². The molecule has 0 N–H and O–H groups in total. The van der Waals surface area contributed by atoms with Crippen LogP contribution in [0.1, 0.15) is 41.2 Å². The molecule has 2 heterocycles. The van der Waals surface area contributed by atoms with E-state index in [0.717, 1.165) is 43.2 Å². The van der Waals surface area contributed by atoms with E-state index in [1.54, 1.807) is 19.2 Å². The molecule has 1 aromatic heterocycles. The fraction of sp³-hybridized carbons (Fsp3) is 0.357. The summed E-state index contributed by atoms with van der Waals surface area (Å²) in [5.41, 5.74) is 4.66. The molecule has 3 aromatic rings. The van der Waals surface area contributed by atoms with Gasteiger partial charge in [0.1, 0.15) is 11.4 Å². The largest absolute Gasteiger partial charge is 0.494 e. The van der Waals surface area contributed by atoms with Gasteiger partial charge < -0.3 is 9.64 Å². The maximum absolute atomic E-state index is 13.6. The minimum Gasteiger partial charge on any atom is -0.494 e. The molecule has 4 rings (SSSR count). The number of hydrogen-bond donors (Lipinski definition) is 0. The molecular formula is C28H33ClN4O2. The summed E-state index contributed by atoms with van der Waals surface area (Å²) in [7, 11) is 1.67. The molecule has 1 amide bonds. The van der Waals surface area contributed by atoms with Crippen molar-refractivity contribution in [3.8, 4) is 11.4 Å². The number of carbonyl (C=O) groups excluding carboxylic acids is 1. The minimum atomic E-state index is -0.0800. The molecule has 6 nitrogen and oxygen atoms in total. The molecule has 0 fully saturated rings. The minimum absolute atomic E-state index is 0.0800. The van der Waals surface area contributed by atoms with Gasteiger partial charge in [0.05, 0.1) is 35.6 Å². The second-order valence-electron chi connectivity index (χ2n) is 9.29. The van der Waals surface area contributed by atoms with Crippen molar-refractivity contribution >= 4 is 17.5 Å². The number of hydrogen-bond acceptors (Lipinski definition) is 4. The number of ether oxygens (including phenoxy) is 1. The maximum atomic E-state index is 13.6. The highest BCUT2D eigenvalue weighted by Gasteiger charge is 2.29. The molecule has 0 unspecified atom stereocenters. The topological polar surface area (TPSA) is 50.6 Å². The number of methoxy groups -OCH3 is 1.